The highest BCUT2D eigenvalue weighted by atomic mass is 32.2. The zero-order chi connectivity index (χ0) is 15.2. The molecule has 1 amide bonds. The zero-order valence-corrected chi connectivity index (χ0v) is 14.4. The largest absolute Gasteiger partial charge is 0.325 e. The van der Waals surface area contributed by atoms with Crippen LogP contribution in [0, 0.1) is 0 Å². The molecule has 3 nitrogen and oxygen atoms in total. The predicted octanol–water partition coefficient (Wildman–Crippen LogP) is 4.36. The summed E-state index contributed by atoms with van der Waals surface area (Å²) in [5, 5.41) is 2.94. The third-order valence-electron chi connectivity index (χ3n) is 3.31. The molecule has 1 atom stereocenters. The number of carbonyl (C=O) groups excluding carboxylic acids is 1. The molecule has 0 fully saturated rings. The van der Waals surface area contributed by atoms with Gasteiger partial charge in [0.1, 0.15) is 4.38 Å². The molecule has 1 N–H and O–H groups in total. The lowest BCUT2D eigenvalue weighted by atomic mass is 10.0. The first-order valence-corrected chi connectivity index (χ1v) is 9.21. The van der Waals surface area contributed by atoms with E-state index in [1.54, 1.807) is 23.5 Å². The number of anilines is 1. The lowest BCUT2D eigenvalue weighted by Crippen LogP contribution is -2.25. The first-order chi connectivity index (χ1) is 10.1. The van der Waals surface area contributed by atoms with Crippen LogP contribution in [0.1, 0.15) is 38.7 Å². The van der Waals surface area contributed by atoms with Crippen LogP contribution >= 0.6 is 23.5 Å². The van der Waals surface area contributed by atoms with E-state index < -0.39 is 0 Å². The van der Waals surface area contributed by atoms with Crippen molar-refractivity contribution in [2.45, 2.75) is 38.4 Å². The molecule has 1 aliphatic rings. The van der Waals surface area contributed by atoms with Gasteiger partial charge < -0.3 is 5.32 Å². The fraction of sp³-hybridized carbons (Fsp3) is 0.500. The maximum Gasteiger partial charge on any atom is 0.237 e. The predicted molar refractivity (Wildman–Crippen MR) is 95.6 cm³/mol. The quantitative estimate of drug-likeness (QED) is 0.875. The van der Waals surface area contributed by atoms with Gasteiger partial charge in [0.2, 0.25) is 5.91 Å². The van der Waals surface area contributed by atoms with Gasteiger partial charge in [0.05, 0.1) is 11.8 Å². The lowest BCUT2D eigenvalue weighted by molar-refractivity contribution is -0.115. The van der Waals surface area contributed by atoms with Crippen LogP contribution in [0.25, 0.3) is 0 Å². The number of benzene rings is 1. The maximum atomic E-state index is 12.4. The van der Waals surface area contributed by atoms with Crippen molar-refractivity contribution in [3.63, 3.8) is 0 Å². The van der Waals surface area contributed by atoms with Crippen molar-refractivity contribution in [2.75, 3.05) is 17.6 Å². The highest BCUT2D eigenvalue weighted by Gasteiger charge is 2.21. The molecular formula is C16H22N2OS2. The molecule has 114 valence electrons. The molecule has 0 bridgehead atoms. The molecule has 1 unspecified atom stereocenters. The summed E-state index contributed by atoms with van der Waals surface area (Å²) in [7, 11) is 0. The highest BCUT2D eigenvalue weighted by Crippen LogP contribution is 2.28. The second kappa shape index (κ2) is 7.90. The number of hydrogen-bond acceptors (Lipinski definition) is 4. The smallest absolute Gasteiger partial charge is 0.237 e. The van der Waals surface area contributed by atoms with Gasteiger partial charge in [-0.3, -0.25) is 9.79 Å². The van der Waals surface area contributed by atoms with Crippen LogP contribution in [-0.4, -0.2) is 27.8 Å². The third-order valence-corrected chi connectivity index (χ3v) is 5.88. The molecule has 5 heteroatoms. The Kier molecular flexibility index (Phi) is 6.18. The van der Waals surface area contributed by atoms with Crippen molar-refractivity contribution in [3.05, 3.63) is 29.8 Å². The zero-order valence-electron chi connectivity index (χ0n) is 12.8. The van der Waals surface area contributed by atoms with Crippen molar-refractivity contribution >= 4 is 39.5 Å². The minimum atomic E-state index is -0.0703. The van der Waals surface area contributed by atoms with Crippen LogP contribution in [-0.2, 0) is 4.79 Å². The number of thioether (sulfide) groups is 2. The molecule has 1 aliphatic heterocycles. The van der Waals surface area contributed by atoms with Gasteiger partial charge in [-0.25, -0.2) is 0 Å². The summed E-state index contributed by atoms with van der Waals surface area (Å²) in [4.78, 5) is 16.8. The van der Waals surface area contributed by atoms with E-state index in [0.717, 1.165) is 28.8 Å². The summed E-state index contributed by atoms with van der Waals surface area (Å²) in [5.74, 6) is 1.61. The Hall–Kier alpha value is -0.940. The van der Waals surface area contributed by atoms with Crippen LogP contribution < -0.4 is 5.32 Å². The SMILES string of the molecule is CCC(SC1=NCCS1)C(=O)Nc1ccc(C(C)C)cc1. The molecule has 0 aromatic heterocycles. The van der Waals surface area contributed by atoms with E-state index in [-0.39, 0.29) is 11.2 Å². The van der Waals surface area contributed by atoms with Gasteiger partial charge in [-0.15, -0.1) is 0 Å². The van der Waals surface area contributed by atoms with Crippen molar-refractivity contribution in [1.29, 1.82) is 0 Å². The molecule has 0 radical (unpaired) electrons. The Morgan fingerprint density at radius 1 is 1.38 bits per heavy atom. The molecule has 0 saturated heterocycles. The average Bonchev–Trinajstić information content (AvgIpc) is 2.98. The summed E-state index contributed by atoms with van der Waals surface area (Å²) < 4.78 is 1.05. The number of amides is 1. The Bertz CT molecular complexity index is 512. The first kappa shape index (κ1) is 16.4. The Labute approximate surface area is 135 Å². The molecule has 0 saturated carbocycles. The summed E-state index contributed by atoms with van der Waals surface area (Å²) >= 11 is 3.34. The van der Waals surface area contributed by atoms with Gasteiger partial charge in [-0.05, 0) is 30.0 Å². The molecule has 21 heavy (non-hydrogen) atoms. The monoisotopic (exact) mass is 322 g/mol. The minimum absolute atomic E-state index is 0.0648. The van der Waals surface area contributed by atoms with Crippen molar-refractivity contribution in [3.8, 4) is 0 Å². The Morgan fingerprint density at radius 3 is 2.62 bits per heavy atom. The number of nitrogens with one attached hydrogen (secondary N) is 1. The normalized spacial score (nSPS) is 15.9. The van der Waals surface area contributed by atoms with Crippen LogP contribution in [0.2, 0.25) is 0 Å². The van der Waals surface area contributed by atoms with Crippen LogP contribution in [0.15, 0.2) is 29.3 Å². The summed E-state index contributed by atoms with van der Waals surface area (Å²) in [5.41, 5.74) is 2.15. The van der Waals surface area contributed by atoms with Crippen LogP contribution in [0.3, 0.4) is 0 Å². The standard InChI is InChI=1S/C16H22N2OS2/c1-4-14(21-16-17-9-10-20-16)15(19)18-13-7-5-12(6-8-13)11(2)3/h5-8,11,14H,4,9-10H2,1-3H3,(H,18,19). The number of rotatable bonds is 5. The second-order valence-corrected chi connectivity index (χ2v) is 7.81. The first-order valence-electron chi connectivity index (χ1n) is 7.35. The van der Waals surface area contributed by atoms with E-state index in [2.05, 4.69) is 36.3 Å². The molecular weight excluding hydrogens is 300 g/mol. The Morgan fingerprint density at radius 2 is 2.10 bits per heavy atom. The van der Waals surface area contributed by atoms with Gasteiger partial charge in [0, 0.05) is 11.4 Å². The van der Waals surface area contributed by atoms with E-state index in [1.165, 1.54) is 5.56 Å². The number of nitrogens with zero attached hydrogens (tertiary/aromatic N) is 1. The molecule has 0 aliphatic carbocycles. The van der Waals surface area contributed by atoms with E-state index in [4.69, 9.17) is 0 Å². The van der Waals surface area contributed by atoms with Gasteiger partial charge >= 0.3 is 0 Å². The van der Waals surface area contributed by atoms with E-state index in [9.17, 15) is 4.79 Å². The van der Waals surface area contributed by atoms with E-state index in [1.807, 2.05) is 19.1 Å². The molecule has 2 rings (SSSR count). The molecule has 1 aromatic carbocycles. The maximum absolute atomic E-state index is 12.4. The highest BCUT2D eigenvalue weighted by molar-refractivity contribution is 8.39. The topological polar surface area (TPSA) is 41.5 Å². The molecule has 1 aromatic rings. The molecule has 1 heterocycles. The fourth-order valence-corrected chi connectivity index (χ4v) is 4.16. The van der Waals surface area contributed by atoms with Gasteiger partial charge in [0.15, 0.2) is 0 Å². The van der Waals surface area contributed by atoms with Gasteiger partial charge in [0.25, 0.3) is 0 Å². The average molecular weight is 322 g/mol. The van der Waals surface area contributed by atoms with Crippen LogP contribution in [0.5, 0.6) is 0 Å². The third kappa shape index (κ3) is 4.78. The van der Waals surface area contributed by atoms with E-state index >= 15 is 0 Å². The van der Waals surface area contributed by atoms with Gasteiger partial charge in [-0.1, -0.05) is 56.4 Å². The molecule has 0 spiro atoms. The summed E-state index contributed by atoms with van der Waals surface area (Å²) in [6, 6.07) is 8.11. The minimum Gasteiger partial charge on any atom is -0.325 e. The van der Waals surface area contributed by atoms with Crippen LogP contribution in [0.4, 0.5) is 5.69 Å². The number of carbonyl (C=O) groups is 1. The van der Waals surface area contributed by atoms with Gasteiger partial charge in [-0.2, -0.15) is 0 Å². The lowest BCUT2D eigenvalue weighted by Gasteiger charge is -2.14. The van der Waals surface area contributed by atoms with Crippen molar-refractivity contribution < 1.29 is 4.79 Å². The summed E-state index contributed by atoms with van der Waals surface area (Å²) in [6.07, 6.45) is 0.806. The van der Waals surface area contributed by atoms with Crippen molar-refractivity contribution in [2.24, 2.45) is 4.99 Å². The fourth-order valence-electron chi connectivity index (χ4n) is 2.00. The van der Waals surface area contributed by atoms with E-state index in [0.29, 0.717) is 5.92 Å². The summed E-state index contributed by atoms with van der Waals surface area (Å²) in [6.45, 7) is 7.25. The number of aliphatic imine (C=N–C) groups is 1. The Balaban J connectivity index is 1.94. The second-order valence-electron chi connectivity index (χ2n) is 5.28. The van der Waals surface area contributed by atoms with Crippen molar-refractivity contribution in [1.82, 2.24) is 0 Å². The number of hydrogen-bond donors (Lipinski definition) is 1.